The molecule has 1 saturated carbocycles. The maximum Gasteiger partial charge on any atom is 0.0628 e. The molecule has 0 radical (unpaired) electrons. The zero-order chi connectivity index (χ0) is 21.7. The summed E-state index contributed by atoms with van der Waals surface area (Å²) in [7, 11) is 0. The summed E-state index contributed by atoms with van der Waals surface area (Å²) in [6, 6.07) is 0.605. The largest absolute Gasteiger partial charge is 0.392 e. The van der Waals surface area contributed by atoms with E-state index in [4.69, 9.17) is 0 Å². The van der Waals surface area contributed by atoms with E-state index in [2.05, 4.69) is 83.7 Å². The minimum Gasteiger partial charge on any atom is -0.392 e. The van der Waals surface area contributed by atoms with Gasteiger partial charge in [-0.15, -0.1) is 0 Å². The maximum atomic E-state index is 10.5. The number of nitrogens with zero attached hydrogens (tertiary/aromatic N) is 1. The second-order valence-corrected chi connectivity index (χ2v) is 11.0. The number of fused-ring (bicyclic) bond motifs is 1. The molecule has 2 unspecified atom stereocenters. The van der Waals surface area contributed by atoms with E-state index in [0.29, 0.717) is 17.9 Å². The molecule has 0 aromatic heterocycles. The quantitative estimate of drug-likeness (QED) is 0.431. The molecule has 1 aliphatic heterocycles. The van der Waals surface area contributed by atoms with E-state index in [1.165, 1.54) is 31.3 Å². The molecule has 0 saturated heterocycles. The molecular formula is C27H47NO. The molecule has 2 nitrogen and oxygen atoms in total. The number of aliphatic hydroxyl groups is 1. The van der Waals surface area contributed by atoms with E-state index < -0.39 is 0 Å². The molecule has 1 heterocycles. The van der Waals surface area contributed by atoms with Crippen LogP contribution in [0.1, 0.15) is 87.0 Å². The zero-order valence-corrected chi connectivity index (χ0v) is 20.2. The SMILES string of the molecule is CC(C)/C=C/CCC(C)/C=C/CCC(C)N1CC=C2C(C)(C)[C@@H](O)CC[C@]2(C)C1. The topological polar surface area (TPSA) is 23.5 Å². The lowest BCUT2D eigenvalue weighted by molar-refractivity contribution is -0.00645. The van der Waals surface area contributed by atoms with Crippen LogP contribution in [0.4, 0.5) is 0 Å². The van der Waals surface area contributed by atoms with Crippen molar-refractivity contribution in [2.24, 2.45) is 22.7 Å². The van der Waals surface area contributed by atoms with Crippen LogP contribution in [-0.4, -0.2) is 35.2 Å². The van der Waals surface area contributed by atoms with Gasteiger partial charge in [0.05, 0.1) is 6.10 Å². The van der Waals surface area contributed by atoms with Crippen LogP contribution < -0.4 is 0 Å². The van der Waals surface area contributed by atoms with Gasteiger partial charge < -0.3 is 5.11 Å². The highest BCUT2D eigenvalue weighted by atomic mass is 16.3. The van der Waals surface area contributed by atoms with Crippen LogP contribution in [0.3, 0.4) is 0 Å². The zero-order valence-electron chi connectivity index (χ0n) is 20.2. The second-order valence-electron chi connectivity index (χ2n) is 11.0. The van der Waals surface area contributed by atoms with Crippen LogP contribution in [-0.2, 0) is 0 Å². The normalized spacial score (nSPS) is 30.0. The number of aliphatic hydroxyl groups excluding tert-OH is 1. The Balaban J connectivity index is 1.80. The van der Waals surface area contributed by atoms with E-state index >= 15 is 0 Å². The van der Waals surface area contributed by atoms with Crippen LogP contribution in [0.15, 0.2) is 36.0 Å². The molecule has 1 fully saturated rings. The van der Waals surface area contributed by atoms with Crippen molar-refractivity contribution in [3.05, 3.63) is 36.0 Å². The van der Waals surface area contributed by atoms with Crippen LogP contribution >= 0.6 is 0 Å². The van der Waals surface area contributed by atoms with Crippen molar-refractivity contribution in [3.8, 4) is 0 Å². The van der Waals surface area contributed by atoms with Gasteiger partial charge in [0.2, 0.25) is 0 Å². The first-order valence-corrected chi connectivity index (χ1v) is 12.0. The summed E-state index contributed by atoms with van der Waals surface area (Å²) < 4.78 is 0. The minimum absolute atomic E-state index is 0.0778. The number of hydrogen-bond acceptors (Lipinski definition) is 2. The first-order chi connectivity index (χ1) is 13.6. The molecule has 2 heteroatoms. The highest BCUT2D eigenvalue weighted by Crippen LogP contribution is 2.52. The summed E-state index contributed by atoms with van der Waals surface area (Å²) in [5, 5.41) is 10.5. The van der Waals surface area contributed by atoms with Gasteiger partial charge >= 0.3 is 0 Å². The second kappa shape index (κ2) is 10.4. The van der Waals surface area contributed by atoms with Crippen LogP contribution in [0.5, 0.6) is 0 Å². The number of allylic oxidation sites excluding steroid dienone is 4. The van der Waals surface area contributed by atoms with Gasteiger partial charge in [-0.3, -0.25) is 4.90 Å². The Labute approximate surface area is 181 Å². The van der Waals surface area contributed by atoms with Crippen molar-refractivity contribution in [1.82, 2.24) is 4.90 Å². The fourth-order valence-electron chi connectivity index (χ4n) is 5.31. The van der Waals surface area contributed by atoms with Crippen LogP contribution in [0.25, 0.3) is 0 Å². The highest BCUT2D eigenvalue weighted by Gasteiger charge is 2.48. The molecule has 0 bridgehead atoms. The van der Waals surface area contributed by atoms with Gasteiger partial charge in [0.1, 0.15) is 0 Å². The van der Waals surface area contributed by atoms with E-state index in [-0.39, 0.29) is 16.9 Å². The lowest BCUT2D eigenvalue weighted by Gasteiger charge is -2.53. The molecule has 0 spiro atoms. The van der Waals surface area contributed by atoms with Gasteiger partial charge in [0.15, 0.2) is 0 Å². The summed E-state index contributed by atoms with van der Waals surface area (Å²) in [4.78, 5) is 2.66. The molecule has 1 aliphatic carbocycles. The average molecular weight is 402 g/mol. The third kappa shape index (κ3) is 6.56. The Morgan fingerprint density at radius 1 is 1.07 bits per heavy atom. The van der Waals surface area contributed by atoms with Gasteiger partial charge in [-0.1, -0.05) is 77.5 Å². The molecule has 2 rings (SSSR count). The van der Waals surface area contributed by atoms with Crippen molar-refractivity contribution >= 4 is 0 Å². The predicted octanol–water partition coefficient (Wildman–Crippen LogP) is 6.77. The smallest absolute Gasteiger partial charge is 0.0628 e. The molecule has 4 atom stereocenters. The van der Waals surface area contributed by atoms with Gasteiger partial charge in [-0.05, 0) is 57.3 Å². The molecule has 2 aliphatic rings. The van der Waals surface area contributed by atoms with Gasteiger partial charge in [0, 0.05) is 30.0 Å². The van der Waals surface area contributed by atoms with Crippen molar-refractivity contribution in [1.29, 1.82) is 0 Å². The van der Waals surface area contributed by atoms with Crippen LogP contribution in [0, 0.1) is 22.7 Å². The van der Waals surface area contributed by atoms with E-state index in [9.17, 15) is 5.11 Å². The van der Waals surface area contributed by atoms with Crippen molar-refractivity contribution < 1.29 is 5.11 Å². The predicted molar refractivity (Wildman–Crippen MR) is 127 cm³/mol. The maximum absolute atomic E-state index is 10.5. The van der Waals surface area contributed by atoms with Gasteiger partial charge in [-0.2, -0.15) is 0 Å². The molecule has 1 N–H and O–H groups in total. The molecule has 0 amide bonds. The Bertz CT molecular complexity index is 600. The number of hydrogen-bond donors (Lipinski definition) is 1. The standard InChI is InChI=1S/C27H47NO/c1-21(2)12-8-9-13-22(3)14-10-11-15-23(4)28-19-17-24-26(5,6)25(29)16-18-27(24,7)20-28/h8,10,12,14,17,21-23,25,29H,9,11,13,15-16,18-20H2,1-7H3/b12-8+,14-10+/t22?,23?,25-,27+/m0/s1. The fourth-order valence-corrected chi connectivity index (χ4v) is 5.31. The third-order valence-electron chi connectivity index (χ3n) is 7.38. The van der Waals surface area contributed by atoms with Crippen molar-refractivity contribution in [3.63, 3.8) is 0 Å². The molecule has 0 aromatic carbocycles. The lowest BCUT2D eigenvalue weighted by atomic mass is 9.58. The molecule has 0 aromatic rings. The van der Waals surface area contributed by atoms with E-state index in [1.807, 2.05) is 0 Å². The number of rotatable bonds is 9. The summed E-state index contributed by atoms with van der Waals surface area (Å²) in [6.45, 7) is 18.2. The average Bonchev–Trinajstić information content (AvgIpc) is 2.65. The summed E-state index contributed by atoms with van der Waals surface area (Å²) in [5.41, 5.74) is 1.64. The molecule has 166 valence electrons. The monoisotopic (exact) mass is 401 g/mol. The Kier molecular flexibility index (Phi) is 8.79. The Hall–Kier alpha value is -0.860. The first kappa shape index (κ1) is 24.4. The van der Waals surface area contributed by atoms with E-state index in [1.54, 1.807) is 0 Å². The minimum atomic E-state index is -0.196. The van der Waals surface area contributed by atoms with Gasteiger partial charge in [-0.25, -0.2) is 0 Å². The van der Waals surface area contributed by atoms with Gasteiger partial charge in [0.25, 0.3) is 0 Å². The van der Waals surface area contributed by atoms with E-state index in [0.717, 1.165) is 25.9 Å². The molecule has 29 heavy (non-hydrogen) atoms. The highest BCUT2D eigenvalue weighted by molar-refractivity contribution is 5.29. The van der Waals surface area contributed by atoms with Crippen molar-refractivity contribution in [2.45, 2.75) is 99.1 Å². The summed E-state index contributed by atoms with van der Waals surface area (Å²) in [6.07, 6.45) is 18.6. The van der Waals surface area contributed by atoms with Crippen molar-refractivity contribution in [2.75, 3.05) is 13.1 Å². The Morgan fingerprint density at radius 3 is 2.41 bits per heavy atom. The summed E-state index contributed by atoms with van der Waals surface area (Å²) >= 11 is 0. The lowest BCUT2D eigenvalue weighted by Crippen LogP contribution is -2.53. The van der Waals surface area contributed by atoms with Crippen LogP contribution in [0.2, 0.25) is 0 Å². The first-order valence-electron chi connectivity index (χ1n) is 12.0. The third-order valence-corrected chi connectivity index (χ3v) is 7.38. The molecular weight excluding hydrogens is 354 g/mol. The Morgan fingerprint density at radius 2 is 1.72 bits per heavy atom. The fraction of sp³-hybridized carbons (Fsp3) is 0.778. The summed E-state index contributed by atoms with van der Waals surface area (Å²) in [5.74, 6) is 1.33.